The molecule has 0 aromatic heterocycles. The van der Waals surface area contributed by atoms with Crippen molar-refractivity contribution in [1.82, 2.24) is 0 Å². The highest BCUT2D eigenvalue weighted by atomic mass is 15.0. The first-order valence-corrected chi connectivity index (χ1v) is 13.6. The SMILES string of the molecule is CC1(C(N)N=C(N)C2CCC(C3CCCCC3)CC2)CCC(C2CCCCC2)CC1. The predicted molar refractivity (Wildman–Crippen MR) is 128 cm³/mol. The van der Waals surface area contributed by atoms with Crippen molar-refractivity contribution in [3.05, 3.63) is 0 Å². The van der Waals surface area contributed by atoms with E-state index in [4.69, 9.17) is 16.5 Å². The maximum absolute atomic E-state index is 6.69. The largest absolute Gasteiger partial charge is 0.387 e. The Balaban J connectivity index is 1.25. The Bertz CT molecular complexity index is 542. The minimum absolute atomic E-state index is 0.110. The van der Waals surface area contributed by atoms with Gasteiger partial charge < -0.3 is 11.5 Å². The molecule has 1 atom stereocenters. The third kappa shape index (κ3) is 5.43. The van der Waals surface area contributed by atoms with E-state index < -0.39 is 0 Å². The van der Waals surface area contributed by atoms with Crippen LogP contribution in [0.15, 0.2) is 4.99 Å². The van der Waals surface area contributed by atoms with Crippen LogP contribution in [-0.2, 0) is 0 Å². The summed E-state index contributed by atoms with van der Waals surface area (Å²) in [5.41, 5.74) is 13.4. The normalized spacial score (nSPS) is 39.0. The fourth-order valence-electron chi connectivity index (χ4n) is 7.59. The van der Waals surface area contributed by atoms with Crippen molar-refractivity contribution >= 4 is 5.84 Å². The molecule has 0 aromatic rings. The standard InChI is InChI=1S/C27H49N3/c1-27(18-16-23(17-19-27)21-10-6-3-7-11-21)26(29)30-25(28)24-14-12-22(13-15-24)20-8-4-2-5-9-20/h20-24,26H,2-19,29H2,1H3,(H2,28,30). The molecule has 4 rings (SSSR count). The van der Waals surface area contributed by atoms with E-state index in [2.05, 4.69) is 6.92 Å². The molecule has 1 unspecified atom stereocenters. The van der Waals surface area contributed by atoms with E-state index in [1.165, 1.54) is 116 Å². The number of amidine groups is 1. The maximum atomic E-state index is 6.69. The fourth-order valence-corrected chi connectivity index (χ4v) is 7.59. The van der Waals surface area contributed by atoms with Gasteiger partial charge in [-0.05, 0) is 75.0 Å². The van der Waals surface area contributed by atoms with Crippen molar-refractivity contribution in [3.8, 4) is 0 Å². The van der Waals surface area contributed by atoms with Gasteiger partial charge in [0, 0.05) is 11.3 Å². The lowest BCUT2D eigenvalue weighted by Gasteiger charge is -2.43. The maximum Gasteiger partial charge on any atom is 0.104 e. The lowest BCUT2D eigenvalue weighted by atomic mass is 9.65. The van der Waals surface area contributed by atoms with Gasteiger partial charge >= 0.3 is 0 Å². The zero-order valence-electron chi connectivity index (χ0n) is 19.8. The topological polar surface area (TPSA) is 64.4 Å². The monoisotopic (exact) mass is 415 g/mol. The lowest BCUT2D eigenvalue weighted by molar-refractivity contribution is 0.0954. The predicted octanol–water partition coefficient (Wildman–Crippen LogP) is 6.79. The Morgan fingerprint density at radius 1 is 0.667 bits per heavy atom. The summed E-state index contributed by atoms with van der Waals surface area (Å²) in [6.07, 6.45) is 24.9. The Kier molecular flexibility index (Phi) is 7.81. The lowest BCUT2D eigenvalue weighted by Crippen LogP contribution is -2.44. The first-order valence-electron chi connectivity index (χ1n) is 13.6. The van der Waals surface area contributed by atoms with E-state index in [1.807, 2.05) is 0 Å². The first-order chi connectivity index (χ1) is 14.5. The Morgan fingerprint density at radius 3 is 1.60 bits per heavy atom. The zero-order chi connectivity index (χ0) is 21.0. The molecule has 172 valence electrons. The number of rotatable bonds is 5. The first kappa shape index (κ1) is 22.6. The molecule has 4 N–H and O–H groups in total. The number of hydrogen-bond acceptors (Lipinski definition) is 2. The Morgan fingerprint density at radius 2 is 1.10 bits per heavy atom. The van der Waals surface area contributed by atoms with Crippen LogP contribution in [0.1, 0.15) is 122 Å². The van der Waals surface area contributed by atoms with E-state index in [1.54, 1.807) is 0 Å². The van der Waals surface area contributed by atoms with E-state index in [0.29, 0.717) is 5.92 Å². The fraction of sp³-hybridized carbons (Fsp3) is 0.963. The molecule has 0 saturated heterocycles. The molecular formula is C27H49N3. The van der Waals surface area contributed by atoms with E-state index in [-0.39, 0.29) is 11.6 Å². The van der Waals surface area contributed by atoms with Crippen molar-refractivity contribution in [2.75, 3.05) is 0 Å². The third-order valence-corrected chi connectivity index (χ3v) is 10.00. The number of aliphatic imine (C=N–C) groups is 1. The van der Waals surface area contributed by atoms with Crippen LogP contribution >= 0.6 is 0 Å². The second-order valence-electron chi connectivity index (χ2n) is 11.9. The highest BCUT2D eigenvalue weighted by Gasteiger charge is 2.39. The van der Waals surface area contributed by atoms with Crippen LogP contribution in [0.5, 0.6) is 0 Å². The molecule has 0 spiro atoms. The number of hydrogen-bond donors (Lipinski definition) is 2. The van der Waals surface area contributed by atoms with Gasteiger partial charge in [-0.15, -0.1) is 0 Å². The molecule has 4 aliphatic carbocycles. The molecule has 30 heavy (non-hydrogen) atoms. The molecular weight excluding hydrogens is 366 g/mol. The highest BCUT2D eigenvalue weighted by Crippen LogP contribution is 2.46. The molecule has 0 heterocycles. The smallest absolute Gasteiger partial charge is 0.104 e. The second kappa shape index (κ2) is 10.4. The van der Waals surface area contributed by atoms with Gasteiger partial charge in [-0.3, -0.25) is 4.99 Å². The van der Waals surface area contributed by atoms with Crippen molar-refractivity contribution in [1.29, 1.82) is 0 Å². The van der Waals surface area contributed by atoms with Crippen LogP contribution in [0, 0.1) is 35.0 Å². The van der Waals surface area contributed by atoms with Gasteiger partial charge in [0.05, 0.1) is 5.84 Å². The van der Waals surface area contributed by atoms with Gasteiger partial charge in [0.15, 0.2) is 0 Å². The molecule has 0 aromatic carbocycles. The van der Waals surface area contributed by atoms with Crippen LogP contribution in [0.3, 0.4) is 0 Å². The van der Waals surface area contributed by atoms with Crippen LogP contribution < -0.4 is 11.5 Å². The van der Waals surface area contributed by atoms with Crippen LogP contribution in [-0.4, -0.2) is 12.0 Å². The molecule has 0 aliphatic heterocycles. The third-order valence-electron chi connectivity index (χ3n) is 10.00. The van der Waals surface area contributed by atoms with Gasteiger partial charge in [-0.25, -0.2) is 0 Å². The van der Waals surface area contributed by atoms with Gasteiger partial charge in [-0.2, -0.15) is 0 Å². The molecule has 0 bridgehead atoms. The van der Waals surface area contributed by atoms with Crippen molar-refractivity contribution in [2.24, 2.45) is 51.5 Å². The average molecular weight is 416 g/mol. The molecule has 0 radical (unpaired) electrons. The molecule has 3 nitrogen and oxygen atoms in total. The minimum atomic E-state index is -0.110. The number of nitrogens with zero attached hydrogens (tertiary/aromatic N) is 1. The Labute approximate surface area is 186 Å². The molecule has 4 saturated carbocycles. The summed E-state index contributed by atoms with van der Waals surface area (Å²) in [5.74, 6) is 5.25. The summed E-state index contributed by atoms with van der Waals surface area (Å²) in [6.45, 7) is 2.38. The van der Waals surface area contributed by atoms with Crippen LogP contribution in [0.2, 0.25) is 0 Å². The second-order valence-corrected chi connectivity index (χ2v) is 11.9. The van der Waals surface area contributed by atoms with Crippen LogP contribution in [0.25, 0.3) is 0 Å². The summed E-state index contributed by atoms with van der Waals surface area (Å²) in [4.78, 5) is 4.94. The summed E-state index contributed by atoms with van der Waals surface area (Å²) >= 11 is 0. The molecule has 0 amide bonds. The summed E-state index contributed by atoms with van der Waals surface area (Å²) in [5, 5.41) is 0. The molecule has 4 aliphatic rings. The van der Waals surface area contributed by atoms with Crippen LogP contribution in [0.4, 0.5) is 0 Å². The van der Waals surface area contributed by atoms with Gasteiger partial charge in [0.2, 0.25) is 0 Å². The summed E-state index contributed by atoms with van der Waals surface area (Å²) in [6, 6.07) is 0. The summed E-state index contributed by atoms with van der Waals surface area (Å²) < 4.78 is 0. The number of nitrogens with two attached hydrogens (primary N) is 2. The van der Waals surface area contributed by atoms with Gasteiger partial charge in [0.25, 0.3) is 0 Å². The van der Waals surface area contributed by atoms with E-state index in [9.17, 15) is 0 Å². The average Bonchev–Trinajstić information content (AvgIpc) is 2.81. The van der Waals surface area contributed by atoms with Crippen molar-refractivity contribution < 1.29 is 0 Å². The van der Waals surface area contributed by atoms with Gasteiger partial charge in [-0.1, -0.05) is 71.1 Å². The molecule has 3 heteroatoms. The minimum Gasteiger partial charge on any atom is -0.387 e. The Hall–Kier alpha value is -0.570. The highest BCUT2D eigenvalue weighted by molar-refractivity contribution is 5.83. The van der Waals surface area contributed by atoms with E-state index in [0.717, 1.165) is 29.5 Å². The quantitative estimate of drug-likeness (QED) is 0.383. The summed E-state index contributed by atoms with van der Waals surface area (Å²) in [7, 11) is 0. The van der Waals surface area contributed by atoms with E-state index >= 15 is 0 Å². The molecule has 4 fully saturated rings. The zero-order valence-corrected chi connectivity index (χ0v) is 19.8. The van der Waals surface area contributed by atoms with Crippen molar-refractivity contribution in [2.45, 2.75) is 129 Å². The van der Waals surface area contributed by atoms with Crippen molar-refractivity contribution in [3.63, 3.8) is 0 Å². The van der Waals surface area contributed by atoms with Gasteiger partial charge in [0.1, 0.15) is 6.17 Å².